The zero-order valence-corrected chi connectivity index (χ0v) is 18.4. The predicted octanol–water partition coefficient (Wildman–Crippen LogP) is 5.06. The molecule has 150 valence electrons. The van der Waals surface area contributed by atoms with Crippen molar-refractivity contribution >= 4 is 50.3 Å². The summed E-state index contributed by atoms with van der Waals surface area (Å²) in [6.45, 7) is 1.24. The molecule has 1 N–H and O–H groups in total. The summed E-state index contributed by atoms with van der Waals surface area (Å²) in [5, 5.41) is 3.80. The lowest BCUT2D eigenvalue weighted by molar-refractivity contribution is 0.0854. The summed E-state index contributed by atoms with van der Waals surface area (Å²) < 4.78 is 12.6. The molecule has 1 atom stereocenters. The summed E-state index contributed by atoms with van der Waals surface area (Å²) in [6.07, 6.45) is 4.09. The molecule has 0 radical (unpaired) electrons. The van der Waals surface area contributed by atoms with Gasteiger partial charge in [0.05, 0.1) is 11.8 Å². The van der Waals surface area contributed by atoms with Gasteiger partial charge >= 0.3 is 0 Å². The van der Waals surface area contributed by atoms with Crippen LogP contribution in [0.3, 0.4) is 0 Å². The van der Waals surface area contributed by atoms with Gasteiger partial charge in [0.15, 0.2) is 0 Å². The second kappa shape index (κ2) is 9.15. The number of ether oxygens (including phenoxy) is 1. The Balaban J connectivity index is 1.75. The van der Waals surface area contributed by atoms with E-state index in [1.807, 2.05) is 54.8 Å². The number of nitrogens with zero attached hydrogens (tertiary/aromatic N) is 1. The van der Waals surface area contributed by atoms with Crippen molar-refractivity contribution in [1.82, 2.24) is 5.32 Å². The van der Waals surface area contributed by atoms with E-state index in [2.05, 4.69) is 26.2 Å². The number of amides is 1. The first-order valence-corrected chi connectivity index (χ1v) is 11.5. The Bertz CT molecular complexity index is 1110. The summed E-state index contributed by atoms with van der Waals surface area (Å²) in [4.78, 5) is 18.7. The summed E-state index contributed by atoms with van der Waals surface area (Å²) in [6, 6.07) is 15.4. The van der Waals surface area contributed by atoms with Crippen molar-refractivity contribution in [3.8, 4) is 0 Å². The summed E-state index contributed by atoms with van der Waals surface area (Å²) >= 11 is 5.11. The largest absolute Gasteiger partial charge is 0.438 e. The average molecular weight is 473 g/mol. The molecule has 0 saturated carbocycles. The molecule has 2 heterocycles. The van der Waals surface area contributed by atoms with Gasteiger partial charge in [0.1, 0.15) is 11.1 Å². The Morgan fingerprint density at radius 3 is 2.97 bits per heavy atom. The first-order valence-electron chi connectivity index (χ1n) is 9.44. The van der Waals surface area contributed by atoms with Gasteiger partial charge in [-0.25, -0.2) is 4.99 Å². The van der Waals surface area contributed by atoms with E-state index in [1.165, 1.54) is 0 Å². The number of halogens is 1. The van der Waals surface area contributed by atoms with Gasteiger partial charge in [0, 0.05) is 27.9 Å². The van der Waals surface area contributed by atoms with Crippen LogP contribution < -0.4 is 10.9 Å². The Labute approximate surface area is 181 Å². The van der Waals surface area contributed by atoms with Gasteiger partial charge in [-0.05, 0) is 61.6 Å². The first kappa shape index (κ1) is 20.2. The van der Waals surface area contributed by atoms with Crippen LogP contribution in [-0.2, 0) is 4.74 Å². The molecule has 29 heavy (non-hydrogen) atoms. The van der Waals surface area contributed by atoms with Crippen LogP contribution in [0, 0.1) is 0 Å². The Kier molecular flexibility index (Phi) is 6.37. The number of benzene rings is 2. The molecule has 4 rings (SSSR count). The van der Waals surface area contributed by atoms with Gasteiger partial charge in [-0.3, -0.25) is 4.79 Å². The van der Waals surface area contributed by atoms with E-state index in [0.29, 0.717) is 23.2 Å². The van der Waals surface area contributed by atoms with Crippen molar-refractivity contribution in [2.24, 2.45) is 4.99 Å². The lowest BCUT2D eigenvalue weighted by Crippen LogP contribution is -2.34. The third-order valence-corrected chi connectivity index (χ3v) is 5.97. The summed E-state index contributed by atoms with van der Waals surface area (Å²) in [5.41, 5.74) is 2.11. The number of carbonyl (C=O) groups excluding carboxylic acids is 1. The summed E-state index contributed by atoms with van der Waals surface area (Å²) in [7, 11) is 0. The number of hydrogen-bond donors (Lipinski definition) is 1. The number of nitrogens with one attached hydrogen (secondary N) is 1. The number of rotatable bonds is 5. The summed E-state index contributed by atoms with van der Waals surface area (Å²) in [5.74, 6) is -0.217. The lowest BCUT2D eigenvalue weighted by Gasteiger charge is -2.11. The van der Waals surface area contributed by atoms with Gasteiger partial charge in [-0.15, -0.1) is 11.8 Å². The maximum Gasteiger partial charge on any atom is 0.256 e. The molecule has 1 aromatic heterocycles. The second-order valence-electron chi connectivity index (χ2n) is 6.81. The highest BCUT2D eigenvalue weighted by Gasteiger charge is 2.18. The maximum atomic E-state index is 13.0. The van der Waals surface area contributed by atoms with Crippen LogP contribution >= 0.6 is 27.7 Å². The minimum Gasteiger partial charge on any atom is -0.438 e. The molecule has 1 fully saturated rings. The lowest BCUT2D eigenvalue weighted by atomic mass is 10.1. The smallest absolute Gasteiger partial charge is 0.256 e. The van der Waals surface area contributed by atoms with Crippen molar-refractivity contribution in [3.63, 3.8) is 0 Å². The fraction of sp³-hybridized carbons (Fsp3) is 0.273. The first-order chi connectivity index (χ1) is 14.1. The number of thioether (sulfide) groups is 1. The topological polar surface area (TPSA) is 63.8 Å². The van der Waals surface area contributed by atoms with Crippen LogP contribution in [0.25, 0.3) is 11.0 Å². The highest BCUT2D eigenvalue weighted by Crippen LogP contribution is 2.22. The van der Waals surface area contributed by atoms with Gasteiger partial charge in [-0.2, -0.15) is 0 Å². The third-order valence-electron chi connectivity index (χ3n) is 4.75. The molecule has 3 aromatic rings. The van der Waals surface area contributed by atoms with Crippen molar-refractivity contribution in [3.05, 3.63) is 64.1 Å². The molecule has 5 nitrogen and oxygen atoms in total. The van der Waals surface area contributed by atoms with E-state index < -0.39 is 0 Å². The molecule has 1 amide bonds. The van der Waals surface area contributed by atoms with Crippen molar-refractivity contribution in [2.45, 2.75) is 23.8 Å². The van der Waals surface area contributed by atoms with Crippen LogP contribution in [0.1, 0.15) is 23.2 Å². The van der Waals surface area contributed by atoms with Crippen LogP contribution in [-0.4, -0.2) is 31.4 Å². The molecule has 0 spiro atoms. The Hall–Kier alpha value is -2.09. The van der Waals surface area contributed by atoms with Crippen LogP contribution in [0.4, 0.5) is 5.69 Å². The molecule has 0 unspecified atom stereocenters. The SMILES string of the molecule is CSc1cccc(N=c2oc3ccc(Br)cc3cc2C(=O)NC[C@H]2CCCO2)c1. The van der Waals surface area contributed by atoms with Crippen LogP contribution in [0.15, 0.2) is 67.3 Å². The molecule has 1 saturated heterocycles. The molecular formula is C22H21BrN2O3S. The number of hydrogen-bond acceptors (Lipinski definition) is 5. The van der Waals surface area contributed by atoms with Crippen LogP contribution in [0.5, 0.6) is 0 Å². The normalized spacial score (nSPS) is 17.0. The van der Waals surface area contributed by atoms with E-state index in [-0.39, 0.29) is 12.0 Å². The predicted molar refractivity (Wildman–Crippen MR) is 119 cm³/mol. The van der Waals surface area contributed by atoms with E-state index >= 15 is 0 Å². The minimum atomic E-state index is -0.217. The Morgan fingerprint density at radius 1 is 1.28 bits per heavy atom. The Morgan fingerprint density at radius 2 is 2.17 bits per heavy atom. The third kappa shape index (κ3) is 4.91. The fourth-order valence-corrected chi connectivity index (χ4v) is 4.08. The molecular weight excluding hydrogens is 452 g/mol. The van der Waals surface area contributed by atoms with Gasteiger partial charge < -0.3 is 14.5 Å². The maximum absolute atomic E-state index is 13.0. The quantitative estimate of drug-likeness (QED) is 0.527. The molecule has 1 aliphatic heterocycles. The molecule has 7 heteroatoms. The van der Waals surface area contributed by atoms with Gasteiger partial charge in [0.25, 0.3) is 5.91 Å². The molecule has 0 bridgehead atoms. The second-order valence-corrected chi connectivity index (χ2v) is 8.60. The van der Waals surface area contributed by atoms with E-state index in [0.717, 1.165) is 39.9 Å². The van der Waals surface area contributed by atoms with E-state index in [4.69, 9.17) is 9.15 Å². The van der Waals surface area contributed by atoms with Gasteiger partial charge in [-0.1, -0.05) is 22.0 Å². The van der Waals surface area contributed by atoms with E-state index in [9.17, 15) is 4.79 Å². The zero-order valence-electron chi connectivity index (χ0n) is 16.0. The molecule has 0 aliphatic carbocycles. The average Bonchev–Trinajstić information content (AvgIpc) is 3.25. The monoisotopic (exact) mass is 472 g/mol. The minimum absolute atomic E-state index is 0.0733. The molecule has 1 aliphatic rings. The zero-order chi connectivity index (χ0) is 20.2. The highest BCUT2D eigenvalue weighted by atomic mass is 79.9. The number of carbonyl (C=O) groups is 1. The number of fused-ring (bicyclic) bond motifs is 1. The van der Waals surface area contributed by atoms with Gasteiger partial charge in [0.2, 0.25) is 5.55 Å². The fourth-order valence-electron chi connectivity index (χ4n) is 3.25. The van der Waals surface area contributed by atoms with Crippen molar-refractivity contribution in [2.75, 3.05) is 19.4 Å². The van der Waals surface area contributed by atoms with Crippen molar-refractivity contribution < 1.29 is 13.9 Å². The van der Waals surface area contributed by atoms with E-state index in [1.54, 1.807) is 11.8 Å². The molecule has 2 aromatic carbocycles. The van der Waals surface area contributed by atoms with Crippen molar-refractivity contribution in [1.29, 1.82) is 0 Å². The highest BCUT2D eigenvalue weighted by molar-refractivity contribution is 9.10. The standard InChI is InChI=1S/C22H21BrN2O3S/c1-29-18-6-2-4-16(12-18)25-22-19(21(26)24-13-17-5-3-9-27-17)11-14-10-15(23)7-8-20(14)28-22/h2,4,6-8,10-12,17H,3,5,9,13H2,1H3,(H,24,26)/t17-/m1/s1. The van der Waals surface area contributed by atoms with Crippen LogP contribution in [0.2, 0.25) is 0 Å².